The summed E-state index contributed by atoms with van der Waals surface area (Å²) < 4.78 is 9.55. The van der Waals surface area contributed by atoms with Gasteiger partial charge in [0.05, 0.1) is 30.9 Å². The third kappa shape index (κ3) is 3.58. The number of amides is 1. The lowest BCUT2D eigenvalue weighted by molar-refractivity contribution is 0.0600. The molecular weight excluding hydrogens is 296 g/mol. The van der Waals surface area contributed by atoms with Crippen molar-refractivity contribution in [1.29, 1.82) is 5.26 Å². The molecule has 1 heterocycles. The summed E-state index contributed by atoms with van der Waals surface area (Å²) in [5, 5.41) is 9.33. The fraction of sp³-hybridized carbons (Fsp3) is 0.235. The van der Waals surface area contributed by atoms with Crippen LogP contribution in [0.25, 0.3) is 0 Å². The molecule has 1 atom stereocenters. The van der Waals surface area contributed by atoms with Crippen LogP contribution in [-0.4, -0.2) is 30.7 Å². The number of carbonyl (C=O) groups is 2. The minimum Gasteiger partial charge on any atom is -0.465 e. The fourth-order valence-corrected chi connectivity index (χ4v) is 2.20. The smallest absolute Gasteiger partial charge is 0.417 e. The van der Waals surface area contributed by atoms with Crippen LogP contribution < -0.4 is 0 Å². The third-order valence-corrected chi connectivity index (χ3v) is 3.35. The van der Waals surface area contributed by atoms with Crippen molar-refractivity contribution in [3.05, 3.63) is 59.4 Å². The van der Waals surface area contributed by atoms with Gasteiger partial charge in [0.15, 0.2) is 0 Å². The number of carbonyl (C=O) groups excluding carboxylic acids is 2. The lowest BCUT2D eigenvalue weighted by Gasteiger charge is -2.22. The van der Waals surface area contributed by atoms with Crippen LogP contribution in [0.4, 0.5) is 4.79 Å². The maximum atomic E-state index is 11.7. The van der Waals surface area contributed by atoms with Crippen molar-refractivity contribution in [3.8, 4) is 6.07 Å². The maximum absolute atomic E-state index is 11.7. The Bertz CT molecular complexity index is 698. The number of ether oxygens (including phenoxy) is 2. The number of rotatable bonds is 3. The molecule has 0 saturated carbocycles. The summed E-state index contributed by atoms with van der Waals surface area (Å²) in [4.78, 5) is 24.4. The van der Waals surface area contributed by atoms with Crippen LogP contribution >= 0.6 is 0 Å². The van der Waals surface area contributed by atoms with Crippen LogP contribution in [0.2, 0.25) is 0 Å². The van der Waals surface area contributed by atoms with Gasteiger partial charge in [-0.1, -0.05) is 18.2 Å². The average Bonchev–Trinajstić information content (AvgIpc) is 2.60. The summed E-state index contributed by atoms with van der Waals surface area (Å²) in [5.41, 5.74) is 1.68. The Hall–Kier alpha value is -3.07. The number of hydrogen-bond acceptors (Lipinski definition) is 5. The minimum atomic E-state index is -0.531. The zero-order valence-corrected chi connectivity index (χ0v) is 12.9. The zero-order chi connectivity index (χ0) is 16.8. The van der Waals surface area contributed by atoms with E-state index < -0.39 is 12.1 Å². The highest BCUT2D eigenvalue weighted by atomic mass is 16.6. The summed E-state index contributed by atoms with van der Waals surface area (Å²) in [6.07, 6.45) is 4.23. The Morgan fingerprint density at radius 3 is 2.57 bits per heavy atom. The SMILES string of the molecule is CCOC(=O)N1C=CC(c2ccc(C(=O)OC)cc2)C(C#N)=C1. The molecule has 2 rings (SSSR count). The number of esters is 1. The molecule has 0 saturated heterocycles. The van der Waals surface area contributed by atoms with E-state index in [-0.39, 0.29) is 12.5 Å². The first-order valence-corrected chi connectivity index (χ1v) is 7.04. The molecule has 1 aromatic rings. The molecule has 6 nitrogen and oxygen atoms in total. The molecular formula is C17H16N2O4. The summed E-state index contributed by atoms with van der Waals surface area (Å²) in [6.45, 7) is 1.98. The molecule has 1 aliphatic heterocycles. The van der Waals surface area contributed by atoms with Crippen molar-refractivity contribution in [2.24, 2.45) is 0 Å². The number of hydrogen-bond donors (Lipinski definition) is 0. The van der Waals surface area contributed by atoms with Crippen molar-refractivity contribution in [2.45, 2.75) is 12.8 Å². The van der Waals surface area contributed by atoms with Crippen LogP contribution in [0, 0.1) is 11.3 Å². The maximum Gasteiger partial charge on any atom is 0.417 e. The Morgan fingerprint density at radius 1 is 1.30 bits per heavy atom. The van der Waals surface area contributed by atoms with E-state index in [9.17, 15) is 14.9 Å². The molecule has 0 spiro atoms. The highest BCUT2D eigenvalue weighted by molar-refractivity contribution is 5.89. The Balaban J connectivity index is 2.23. The molecule has 0 bridgehead atoms. The Labute approximate surface area is 134 Å². The van der Waals surface area contributed by atoms with Gasteiger partial charge in [0.25, 0.3) is 0 Å². The summed E-state index contributed by atoms with van der Waals surface area (Å²) in [7, 11) is 1.32. The van der Waals surface area contributed by atoms with Crippen LogP contribution in [0.15, 0.2) is 48.3 Å². The number of benzene rings is 1. The van der Waals surface area contributed by atoms with Gasteiger partial charge in [0.1, 0.15) is 0 Å². The molecule has 0 radical (unpaired) electrons. The van der Waals surface area contributed by atoms with Gasteiger partial charge in [-0.2, -0.15) is 5.26 Å². The van der Waals surface area contributed by atoms with Crippen molar-refractivity contribution >= 4 is 12.1 Å². The van der Waals surface area contributed by atoms with E-state index in [1.54, 1.807) is 43.5 Å². The van der Waals surface area contributed by atoms with E-state index >= 15 is 0 Å². The van der Waals surface area contributed by atoms with Crippen LogP contribution in [0.3, 0.4) is 0 Å². The molecule has 1 unspecified atom stereocenters. The quantitative estimate of drug-likeness (QED) is 0.802. The molecule has 0 aromatic heterocycles. The standard InChI is InChI=1S/C17H16N2O4/c1-3-23-17(21)19-9-8-15(14(10-18)11-19)12-4-6-13(7-5-12)16(20)22-2/h4-9,11,15H,3H2,1-2H3. The third-order valence-electron chi connectivity index (χ3n) is 3.35. The molecule has 118 valence electrons. The average molecular weight is 312 g/mol. The van der Waals surface area contributed by atoms with Gasteiger partial charge in [-0.15, -0.1) is 0 Å². The number of allylic oxidation sites excluding steroid dienone is 2. The molecule has 1 aliphatic rings. The first kappa shape index (κ1) is 16.3. The molecule has 6 heteroatoms. The number of methoxy groups -OCH3 is 1. The molecule has 23 heavy (non-hydrogen) atoms. The molecule has 1 aromatic carbocycles. The van der Waals surface area contributed by atoms with E-state index in [0.717, 1.165) is 5.56 Å². The minimum absolute atomic E-state index is 0.261. The van der Waals surface area contributed by atoms with Crippen LogP contribution in [-0.2, 0) is 9.47 Å². The molecule has 1 amide bonds. The van der Waals surface area contributed by atoms with E-state index in [4.69, 9.17) is 4.74 Å². The molecule has 0 fully saturated rings. The van der Waals surface area contributed by atoms with Crippen molar-refractivity contribution in [2.75, 3.05) is 13.7 Å². The van der Waals surface area contributed by atoms with Gasteiger partial charge in [-0.3, -0.25) is 4.90 Å². The van der Waals surface area contributed by atoms with E-state index in [1.807, 2.05) is 0 Å². The normalized spacial score (nSPS) is 16.3. The van der Waals surface area contributed by atoms with E-state index in [0.29, 0.717) is 11.1 Å². The van der Waals surface area contributed by atoms with Crippen LogP contribution in [0.5, 0.6) is 0 Å². The molecule has 0 aliphatic carbocycles. The Kier molecular flexibility index (Phi) is 5.15. The first-order chi connectivity index (χ1) is 11.1. The lowest BCUT2D eigenvalue weighted by Crippen LogP contribution is -2.24. The highest BCUT2D eigenvalue weighted by Gasteiger charge is 2.22. The second-order valence-corrected chi connectivity index (χ2v) is 4.74. The van der Waals surface area contributed by atoms with Gasteiger partial charge in [0, 0.05) is 18.3 Å². The predicted octanol–water partition coefficient (Wildman–Crippen LogP) is 2.95. The van der Waals surface area contributed by atoms with Crippen molar-refractivity contribution < 1.29 is 19.1 Å². The van der Waals surface area contributed by atoms with Gasteiger partial charge in [-0.25, -0.2) is 9.59 Å². The monoisotopic (exact) mass is 312 g/mol. The first-order valence-electron chi connectivity index (χ1n) is 7.04. The summed E-state index contributed by atoms with van der Waals surface area (Å²) >= 11 is 0. The predicted molar refractivity (Wildman–Crippen MR) is 82.2 cm³/mol. The number of nitrogens with zero attached hydrogens (tertiary/aromatic N) is 2. The highest BCUT2D eigenvalue weighted by Crippen LogP contribution is 2.29. The Morgan fingerprint density at radius 2 is 2.00 bits per heavy atom. The van der Waals surface area contributed by atoms with Gasteiger partial charge in [0.2, 0.25) is 0 Å². The van der Waals surface area contributed by atoms with Gasteiger partial charge < -0.3 is 9.47 Å². The topological polar surface area (TPSA) is 79.6 Å². The second-order valence-electron chi connectivity index (χ2n) is 4.74. The van der Waals surface area contributed by atoms with Crippen molar-refractivity contribution in [1.82, 2.24) is 4.90 Å². The number of nitriles is 1. The fourth-order valence-electron chi connectivity index (χ4n) is 2.20. The van der Waals surface area contributed by atoms with Gasteiger partial charge in [-0.05, 0) is 24.6 Å². The van der Waals surface area contributed by atoms with E-state index in [2.05, 4.69) is 10.8 Å². The zero-order valence-electron chi connectivity index (χ0n) is 12.9. The second kappa shape index (κ2) is 7.27. The van der Waals surface area contributed by atoms with Crippen molar-refractivity contribution in [3.63, 3.8) is 0 Å². The summed E-state index contributed by atoms with van der Waals surface area (Å²) in [6, 6.07) is 8.89. The van der Waals surface area contributed by atoms with Gasteiger partial charge >= 0.3 is 12.1 Å². The van der Waals surface area contributed by atoms with E-state index in [1.165, 1.54) is 18.2 Å². The van der Waals surface area contributed by atoms with Crippen LogP contribution in [0.1, 0.15) is 28.8 Å². The summed E-state index contributed by atoms with van der Waals surface area (Å²) in [5.74, 6) is -0.697. The molecule has 0 N–H and O–H groups in total. The largest absolute Gasteiger partial charge is 0.465 e. The lowest BCUT2D eigenvalue weighted by atomic mass is 9.90.